The van der Waals surface area contributed by atoms with Gasteiger partial charge in [0.15, 0.2) is 5.76 Å². The number of halogens is 1. The molecule has 158 valence electrons. The van der Waals surface area contributed by atoms with Gasteiger partial charge in [0.25, 0.3) is 5.91 Å². The van der Waals surface area contributed by atoms with Gasteiger partial charge in [0.1, 0.15) is 11.4 Å². The van der Waals surface area contributed by atoms with Crippen molar-refractivity contribution < 1.29 is 13.6 Å². The maximum atomic E-state index is 14.1. The predicted molar refractivity (Wildman–Crippen MR) is 118 cm³/mol. The molecule has 1 atom stereocenters. The molecule has 30 heavy (non-hydrogen) atoms. The van der Waals surface area contributed by atoms with E-state index in [1.165, 1.54) is 12.1 Å². The van der Waals surface area contributed by atoms with Gasteiger partial charge in [-0.25, -0.2) is 4.39 Å². The number of nitrogens with one attached hydrogen (secondary N) is 1. The first-order valence-corrected chi connectivity index (χ1v) is 10.5. The number of hydrogen-bond donors (Lipinski definition) is 1. The SMILES string of the molecule is CCN1CCN(c2ccc(F)cc2C(C)NC(=O)c2oc3ccccc3c2C)CC1. The molecule has 1 N–H and O–H groups in total. The molecular formula is C24H28FN3O2. The van der Waals surface area contributed by atoms with Crippen molar-refractivity contribution in [3.05, 3.63) is 65.2 Å². The van der Waals surface area contributed by atoms with Gasteiger partial charge in [-0.15, -0.1) is 0 Å². The van der Waals surface area contributed by atoms with E-state index >= 15 is 0 Å². The zero-order valence-electron chi connectivity index (χ0n) is 17.7. The number of rotatable bonds is 5. The van der Waals surface area contributed by atoms with Crippen LogP contribution in [0.25, 0.3) is 11.0 Å². The molecule has 3 aromatic rings. The zero-order chi connectivity index (χ0) is 21.3. The molecule has 0 radical (unpaired) electrons. The summed E-state index contributed by atoms with van der Waals surface area (Å²) in [5, 5.41) is 3.93. The number of furan rings is 1. The minimum Gasteiger partial charge on any atom is -0.451 e. The van der Waals surface area contributed by atoms with Crippen molar-refractivity contribution >= 4 is 22.6 Å². The van der Waals surface area contributed by atoms with Crippen LogP contribution in [0.1, 0.15) is 41.6 Å². The van der Waals surface area contributed by atoms with Crippen LogP contribution in [-0.4, -0.2) is 43.5 Å². The number of aryl methyl sites for hydroxylation is 1. The van der Waals surface area contributed by atoms with E-state index < -0.39 is 0 Å². The summed E-state index contributed by atoms with van der Waals surface area (Å²) in [6, 6.07) is 12.1. The van der Waals surface area contributed by atoms with Gasteiger partial charge in [-0.1, -0.05) is 25.1 Å². The van der Waals surface area contributed by atoms with E-state index in [1.54, 1.807) is 0 Å². The zero-order valence-corrected chi connectivity index (χ0v) is 17.7. The van der Waals surface area contributed by atoms with Crippen LogP contribution in [-0.2, 0) is 0 Å². The van der Waals surface area contributed by atoms with Crippen LogP contribution in [0, 0.1) is 12.7 Å². The van der Waals surface area contributed by atoms with Gasteiger partial charge < -0.3 is 19.5 Å². The molecular weight excluding hydrogens is 381 g/mol. The fraction of sp³-hybridized carbons (Fsp3) is 0.375. The number of para-hydroxylation sites is 1. The van der Waals surface area contributed by atoms with Gasteiger partial charge in [0, 0.05) is 48.4 Å². The highest BCUT2D eigenvalue weighted by molar-refractivity contribution is 5.99. The molecule has 1 unspecified atom stereocenters. The van der Waals surface area contributed by atoms with Crippen molar-refractivity contribution in [3.63, 3.8) is 0 Å². The van der Waals surface area contributed by atoms with Gasteiger partial charge in [-0.05, 0) is 44.7 Å². The molecule has 5 nitrogen and oxygen atoms in total. The number of carbonyl (C=O) groups is 1. The fourth-order valence-corrected chi connectivity index (χ4v) is 4.20. The molecule has 2 heterocycles. The van der Waals surface area contributed by atoms with E-state index in [-0.39, 0.29) is 17.8 Å². The molecule has 4 rings (SSSR count). The number of nitrogens with zero attached hydrogens (tertiary/aromatic N) is 2. The number of anilines is 1. The maximum Gasteiger partial charge on any atom is 0.287 e. The molecule has 0 spiro atoms. The third kappa shape index (κ3) is 3.92. The first-order chi connectivity index (χ1) is 14.5. The Morgan fingerprint density at radius 3 is 2.60 bits per heavy atom. The Balaban J connectivity index is 1.57. The monoisotopic (exact) mass is 409 g/mol. The number of hydrogen-bond acceptors (Lipinski definition) is 4. The largest absolute Gasteiger partial charge is 0.451 e. The van der Waals surface area contributed by atoms with Gasteiger partial charge in [-0.3, -0.25) is 4.79 Å². The normalized spacial score (nSPS) is 16.1. The van der Waals surface area contributed by atoms with Gasteiger partial charge in [0.2, 0.25) is 0 Å². The summed E-state index contributed by atoms with van der Waals surface area (Å²) in [6.45, 7) is 10.7. The average Bonchev–Trinajstić information content (AvgIpc) is 3.10. The molecule has 1 fully saturated rings. The van der Waals surface area contributed by atoms with Crippen molar-refractivity contribution in [2.45, 2.75) is 26.8 Å². The second kappa shape index (κ2) is 8.48. The molecule has 0 bridgehead atoms. The van der Waals surface area contributed by atoms with E-state index in [4.69, 9.17) is 4.42 Å². The Labute approximate surface area is 176 Å². The number of carbonyl (C=O) groups excluding carboxylic acids is 1. The summed E-state index contributed by atoms with van der Waals surface area (Å²) in [5.41, 5.74) is 3.25. The molecule has 0 aliphatic carbocycles. The van der Waals surface area contributed by atoms with Crippen LogP contribution in [0.2, 0.25) is 0 Å². The Morgan fingerprint density at radius 2 is 1.90 bits per heavy atom. The fourth-order valence-electron chi connectivity index (χ4n) is 4.20. The van der Waals surface area contributed by atoms with Gasteiger partial charge >= 0.3 is 0 Å². The van der Waals surface area contributed by atoms with Crippen molar-refractivity contribution in [2.75, 3.05) is 37.6 Å². The molecule has 1 aliphatic heterocycles. The molecule has 2 aromatic carbocycles. The quantitative estimate of drug-likeness (QED) is 0.673. The average molecular weight is 410 g/mol. The highest BCUT2D eigenvalue weighted by Crippen LogP contribution is 2.30. The lowest BCUT2D eigenvalue weighted by atomic mass is 10.0. The summed E-state index contributed by atoms with van der Waals surface area (Å²) in [4.78, 5) is 17.6. The molecule has 1 amide bonds. The summed E-state index contributed by atoms with van der Waals surface area (Å²) >= 11 is 0. The maximum absolute atomic E-state index is 14.1. The lowest BCUT2D eigenvalue weighted by Crippen LogP contribution is -2.46. The number of benzene rings is 2. The number of piperazine rings is 1. The summed E-state index contributed by atoms with van der Waals surface area (Å²) in [6.07, 6.45) is 0. The third-order valence-corrected chi connectivity index (χ3v) is 6.01. The molecule has 1 saturated heterocycles. The van der Waals surface area contributed by atoms with Crippen LogP contribution >= 0.6 is 0 Å². The van der Waals surface area contributed by atoms with Crippen molar-refractivity contribution in [1.82, 2.24) is 10.2 Å². The minimum atomic E-state index is -0.361. The van der Waals surface area contributed by atoms with E-state index in [1.807, 2.05) is 44.2 Å². The highest BCUT2D eigenvalue weighted by atomic mass is 19.1. The molecule has 1 aromatic heterocycles. The van der Waals surface area contributed by atoms with Crippen LogP contribution < -0.4 is 10.2 Å². The number of fused-ring (bicyclic) bond motifs is 1. The van der Waals surface area contributed by atoms with E-state index in [2.05, 4.69) is 22.0 Å². The first kappa shape index (κ1) is 20.4. The Hall–Kier alpha value is -2.86. The second-order valence-electron chi connectivity index (χ2n) is 7.87. The first-order valence-electron chi connectivity index (χ1n) is 10.5. The van der Waals surface area contributed by atoms with Crippen molar-refractivity contribution in [3.8, 4) is 0 Å². The van der Waals surface area contributed by atoms with Crippen LogP contribution in [0.15, 0.2) is 46.9 Å². The van der Waals surface area contributed by atoms with E-state index in [9.17, 15) is 9.18 Å². The van der Waals surface area contributed by atoms with Crippen molar-refractivity contribution in [2.24, 2.45) is 0 Å². The minimum absolute atomic E-state index is 0.290. The standard InChI is InChI=1S/C24H28FN3O2/c1-4-27-11-13-28(14-12-27)21-10-9-18(25)15-20(21)17(3)26-24(29)23-16(2)19-7-5-6-8-22(19)30-23/h5-10,15,17H,4,11-14H2,1-3H3,(H,26,29). The Kier molecular flexibility index (Phi) is 5.77. The summed E-state index contributed by atoms with van der Waals surface area (Å²) < 4.78 is 19.9. The summed E-state index contributed by atoms with van der Waals surface area (Å²) in [5.74, 6) is -0.290. The van der Waals surface area contributed by atoms with Gasteiger partial charge in [-0.2, -0.15) is 0 Å². The van der Waals surface area contributed by atoms with Crippen LogP contribution in [0.4, 0.5) is 10.1 Å². The number of likely N-dealkylation sites (N-methyl/N-ethyl adjacent to an activating group) is 1. The number of amides is 1. The molecule has 0 saturated carbocycles. The third-order valence-electron chi connectivity index (χ3n) is 6.01. The lowest BCUT2D eigenvalue weighted by Gasteiger charge is -2.37. The topological polar surface area (TPSA) is 48.7 Å². The molecule has 1 aliphatic rings. The summed E-state index contributed by atoms with van der Waals surface area (Å²) in [7, 11) is 0. The lowest BCUT2D eigenvalue weighted by molar-refractivity contribution is 0.0913. The Morgan fingerprint density at radius 1 is 1.17 bits per heavy atom. The van der Waals surface area contributed by atoms with Crippen molar-refractivity contribution in [1.29, 1.82) is 0 Å². The van der Waals surface area contributed by atoms with E-state index in [0.717, 1.165) is 54.9 Å². The van der Waals surface area contributed by atoms with Crippen LogP contribution in [0.3, 0.4) is 0 Å². The molecule has 6 heteroatoms. The van der Waals surface area contributed by atoms with E-state index in [0.29, 0.717) is 11.3 Å². The second-order valence-corrected chi connectivity index (χ2v) is 7.87. The highest BCUT2D eigenvalue weighted by Gasteiger charge is 2.24. The Bertz CT molecular complexity index is 1050. The van der Waals surface area contributed by atoms with Crippen LogP contribution in [0.5, 0.6) is 0 Å². The smallest absolute Gasteiger partial charge is 0.287 e. The predicted octanol–water partition coefficient (Wildman–Crippen LogP) is 4.51. The van der Waals surface area contributed by atoms with Gasteiger partial charge in [0.05, 0.1) is 6.04 Å².